The third-order valence-electron chi connectivity index (χ3n) is 3.72. The molecular formula is C17H27NO3. The average Bonchev–Trinajstić information content (AvgIpc) is 2.39. The maximum Gasteiger partial charge on any atom is 0.224 e. The molecule has 0 saturated heterocycles. The lowest BCUT2D eigenvalue weighted by Crippen LogP contribution is -2.23. The highest BCUT2D eigenvalue weighted by molar-refractivity contribution is 5.91. The fraction of sp³-hybridized carbons (Fsp3) is 0.588. The first-order chi connectivity index (χ1) is 9.77. The van der Waals surface area contributed by atoms with Crippen LogP contribution in [0.2, 0.25) is 0 Å². The number of anilines is 1. The number of hydrogen-bond acceptors (Lipinski definition) is 3. The van der Waals surface area contributed by atoms with Crippen LogP contribution in [0.4, 0.5) is 5.69 Å². The van der Waals surface area contributed by atoms with E-state index in [-0.39, 0.29) is 11.3 Å². The van der Waals surface area contributed by atoms with Crippen LogP contribution in [0, 0.1) is 11.3 Å². The van der Waals surface area contributed by atoms with Gasteiger partial charge in [0.2, 0.25) is 5.91 Å². The predicted octanol–water partition coefficient (Wildman–Crippen LogP) is 4.10. The van der Waals surface area contributed by atoms with E-state index < -0.39 is 0 Å². The van der Waals surface area contributed by atoms with Gasteiger partial charge in [0.15, 0.2) is 11.5 Å². The zero-order valence-electron chi connectivity index (χ0n) is 13.9. The lowest BCUT2D eigenvalue weighted by atomic mass is 9.80. The SMILES string of the molecule is CCOc1ccc(NC(=O)CC(C)C(C)(C)C)cc1OC. The molecular weight excluding hydrogens is 266 g/mol. The first kappa shape index (κ1) is 17.3. The van der Waals surface area contributed by atoms with Gasteiger partial charge >= 0.3 is 0 Å². The van der Waals surface area contributed by atoms with E-state index in [1.165, 1.54) is 0 Å². The fourth-order valence-corrected chi connectivity index (χ4v) is 1.82. The number of methoxy groups -OCH3 is 1. The molecule has 1 unspecified atom stereocenters. The summed E-state index contributed by atoms with van der Waals surface area (Å²) in [6.07, 6.45) is 0.499. The molecule has 1 N–H and O–H groups in total. The van der Waals surface area contributed by atoms with Crippen LogP contribution >= 0.6 is 0 Å². The van der Waals surface area contributed by atoms with Crippen molar-refractivity contribution in [1.82, 2.24) is 0 Å². The summed E-state index contributed by atoms with van der Waals surface area (Å²) in [6, 6.07) is 5.42. The second-order valence-electron chi connectivity index (χ2n) is 6.32. The van der Waals surface area contributed by atoms with E-state index in [0.717, 1.165) is 5.69 Å². The Labute approximate surface area is 127 Å². The molecule has 4 nitrogen and oxygen atoms in total. The zero-order chi connectivity index (χ0) is 16.0. The Hall–Kier alpha value is -1.71. The lowest BCUT2D eigenvalue weighted by Gasteiger charge is -2.26. The highest BCUT2D eigenvalue weighted by Crippen LogP contribution is 2.31. The third kappa shape index (κ3) is 5.29. The molecule has 118 valence electrons. The summed E-state index contributed by atoms with van der Waals surface area (Å²) in [4.78, 5) is 12.1. The number of carbonyl (C=O) groups is 1. The average molecular weight is 293 g/mol. The Morgan fingerprint density at radius 2 is 1.95 bits per heavy atom. The third-order valence-corrected chi connectivity index (χ3v) is 3.72. The molecule has 1 atom stereocenters. The Morgan fingerprint density at radius 1 is 1.29 bits per heavy atom. The quantitative estimate of drug-likeness (QED) is 0.858. The Kier molecular flexibility index (Phi) is 6.06. The van der Waals surface area contributed by atoms with Crippen LogP contribution in [-0.4, -0.2) is 19.6 Å². The van der Waals surface area contributed by atoms with Gasteiger partial charge in [0.05, 0.1) is 13.7 Å². The van der Waals surface area contributed by atoms with Gasteiger partial charge in [-0.1, -0.05) is 27.7 Å². The van der Waals surface area contributed by atoms with Crippen LogP contribution in [-0.2, 0) is 4.79 Å². The van der Waals surface area contributed by atoms with Crippen LogP contribution < -0.4 is 14.8 Å². The minimum atomic E-state index is 0.0173. The molecule has 0 spiro atoms. The van der Waals surface area contributed by atoms with Crippen molar-refractivity contribution in [3.8, 4) is 11.5 Å². The van der Waals surface area contributed by atoms with Crippen molar-refractivity contribution in [2.75, 3.05) is 19.0 Å². The van der Waals surface area contributed by atoms with E-state index in [4.69, 9.17) is 9.47 Å². The van der Waals surface area contributed by atoms with Gasteiger partial charge in [0, 0.05) is 18.2 Å². The number of nitrogens with one attached hydrogen (secondary N) is 1. The monoisotopic (exact) mass is 293 g/mol. The van der Waals surface area contributed by atoms with Gasteiger partial charge < -0.3 is 14.8 Å². The topological polar surface area (TPSA) is 47.6 Å². The molecule has 0 aliphatic rings. The van der Waals surface area contributed by atoms with Gasteiger partial charge in [-0.05, 0) is 30.4 Å². The molecule has 1 aromatic rings. The van der Waals surface area contributed by atoms with Crippen molar-refractivity contribution in [1.29, 1.82) is 0 Å². The summed E-state index contributed by atoms with van der Waals surface area (Å²) >= 11 is 0. The molecule has 4 heteroatoms. The Bertz CT molecular complexity index is 477. The second-order valence-corrected chi connectivity index (χ2v) is 6.32. The predicted molar refractivity (Wildman–Crippen MR) is 86.0 cm³/mol. The van der Waals surface area contributed by atoms with Crippen molar-refractivity contribution in [2.24, 2.45) is 11.3 Å². The van der Waals surface area contributed by atoms with Gasteiger partial charge in [0.1, 0.15) is 0 Å². The summed E-state index contributed by atoms with van der Waals surface area (Å²) < 4.78 is 10.7. The lowest BCUT2D eigenvalue weighted by molar-refractivity contribution is -0.117. The van der Waals surface area contributed by atoms with Crippen LogP contribution in [0.15, 0.2) is 18.2 Å². The smallest absolute Gasteiger partial charge is 0.224 e. The highest BCUT2D eigenvalue weighted by Gasteiger charge is 2.22. The first-order valence-electron chi connectivity index (χ1n) is 7.38. The number of carbonyl (C=O) groups excluding carboxylic acids is 1. The van der Waals surface area contributed by atoms with Crippen molar-refractivity contribution in [2.45, 2.75) is 41.0 Å². The molecule has 1 amide bonds. The van der Waals surface area contributed by atoms with Gasteiger partial charge in [-0.15, -0.1) is 0 Å². The fourth-order valence-electron chi connectivity index (χ4n) is 1.82. The van der Waals surface area contributed by atoms with Gasteiger partial charge in [0.25, 0.3) is 0 Å². The molecule has 0 fully saturated rings. The second kappa shape index (κ2) is 7.34. The number of amides is 1. The molecule has 0 aromatic heterocycles. The molecule has 0 bridgehead atoms. The molecule has 0 aliphatic heterocycles. The van der Waals surface area contributed by atoms with Crippen LogP contribution in [0.3, 0.4) is 0 Å². The van der Waals surface area contributed by atoms with E-state index in [9.17, 15) is 4.79 Å². The molecule has 1 aromatic carbocycles. The summed E-state index contributed by atoms with van der Waals surface area (Å²) in [5.41, 5.74) is 0.842. The zero-order valence-corrected chi connectivity index (χ0v) is 13.9. The normalized spacial score (nSPS) is 12.7. The van der Waals surface area contributed by atoms with Crippen molar-refractivity contribution >= 4 is 11.6 Å². The minimum Gasteiger partial charge on any atom is -0.493 e. The maximum absolute atomic E-state index is 12.1. The molecule has 1 rings (SSSR count). The number of benzene rings is 1. The maximum atomic E-state index is 12.1. The highest BCUT2D eigenvalue weighted by atomic mass is 16.5. The van der Waals surface area contributed by atoms with Crippen LogP contribution in [0.25, 0.3) is 0 Å². The largest absolute Gasteiger partial charge is 0.493 e. The van der Waals surface area contributed by atoms with Gasteiger partial charge in [-0.2, -0.15) is 0 Å². The summed E-state index contributed by atoms with van der Waals surface area (Å²) in [5.74, 6) is 1.63. The molecule has 21 heavy (non-hydrogen) atoms. The summed E-state index contributed by atoms with van der Waals surface area (Å²) in [6.45, 7) is 11.0. The summed E-state index contributed by atoms with van der Waals surface area (Å²) in [5, 5.41) is 2.91. The number of ether oxygens (including phenoxy) is 2. The molecule has 0 aliphatic carbocycles. The van der Waals surface area contributed by atoms with E-state index in [1.54, 1.807) is 13.2 Å². The molecule has 0 radical (unpaired) electrons. The Morgan fingerprint density at radius 3 is 2.48 bits per heavy atom. The Balaban J connectivity index is 2.72. The van der Waals surface area contributed by atoms with Crippen molar-refractivity contribution < 1.29 is 14.3 Å². The van der Waals surface area contributed by atoms with Gasteiger partial charge in [-0.25, -0.2) is 0 Å². The molecule has 0 heterocycles. The van der Waals surface area contributed by atoms with Crippen molar-refractivity contribution in [3.63, 3.8) is 0 Å². The number of rotatable bonds is 6. The van der Waals surface area contributed by atoms with Crippen molar-refractivity contribution in [3.05, 3.63) is 18.2 Å². The van der Waals surface area contributed by atoms with E-state index in [0.29, 0.717) is 30.4 Å². The van der Waals surface area contributed by atoms with Gasteiger partial charge in [-0.3, -0.25) is 4.79 Å². The van der Waals surface area contributed by atoms with E-state index in [2.05, 4.69) is 33.0 Å². The summed E-state index contributed by atoms with van der Waals surface area (Å²) in [7, 11) is 1.59. The standard InChI is InChI=1S/C17H27NO3/c1-7-21-14-9-8-13(11-15(14)20-6)18-16(19)10-12(2)17(3,4)5/h8-9,11-12H,7,10H2,1-6H3,(H,18,19). The van der Waals surface area contributed by atoms with Crippen LogP contribution in [0.1, 0.15) is 41.0 Å². The number of hydrogen-bond donors (Lipinski definition) is 1. The first-order valence-corrected chi connectivity index (χ1v) is 7.38. The van der Waals surface area contributed by atoms with Crippen LogP contribution in [0.5, 0.6) is 11.5 Å². The minimum absolute atomic E-state index is 0.0173. The van der Waals surface area contributed by atoms with E-state index in [1.807, 2.05) is 19.1 Å². The van der Waals surface area contributed by atoms with E-state index >= 15 is 0 Å². The molecule has 0 saturated carbocycles.